The van der Waals surface area contributed by atoms with Gasteiger partial charge in [-0.1, -0.05) is 0 Å². The van der Waals surface area contributed by atoms with Gasteiger partial charge in [0.15, 0.2) is 9.34 Å². The van der Waals surface area contributed by atoms with Crippen LogP contribution in [0.5, 0.6) is 0 Å². The molecule has 18 heavy (non-hydrogen) atoms. The van der Waals surface area contributed by atoms with Crippen LogP contribution in [0.1, 0.15) is 18.7 Å². The quantitative estimate of drug-likeness (QED) is 0.869. The Balaban J connectivity index is 2.25. The Morgan fingerprint density at radius 2 is 2.22 bits per heavy atom. The first kappa shape index (κ1) is 13.9. The molecule has 0 aliphatic heterocycles. The van der Waals surface area contributed by atoms with Crippen molar-refractivity contribution in [3.8, 4) is 0 Å². The number of anilines is 1. The molecular formula is C9H9BrN2O3S3. The Morgan fingerprint density at radius 1 is 1.50 bits per heavy atom. The molecule has 98 valence electrons. The molecule has 0 radical (unpaired) electrons. The number of nitrogens with zero attached hydrogens (tertiary/aromatic N) is 1. The van der Waals surface area contributed by atoms with E-state index in [9.17, 15) is 13.5 Å². The second-order valence-corrected chi connectivity index (χ2v) is 7.92. The van der Waals surface area contributed by atoms with Crippen molar-refractivity contribution in [2.45, 2.75) is 17.2 Å². The first-order valence-corrected chi connectivity index (χ1v) is 8.83. The molecule has 0 fully saturated rings. The van der Waals surface area contributed by atoms with E-state index >= 15 is 0 Å². The summed E-state index contributed by atoms with van der Waals surface area (Å²) in [6.45, 7) is 1.57. The zero-order valence-corrected chi connectivity index (χ0v) is 13.2. The fourth-order valence-electron chi connectivity index (χ4n) is 1.16. The fraction of sp³-hybridized carbons (Fsp3) is 0.222. The normalized spacial score (nSPS) is 13.5. The summed E-state index contributed by atoms with van der Waals surface area (Å²) in [4.78, 5) is 4.00. The van der Waals surface area contributed by atoms with Crippen molar-refractivity contribution in [3.63, 3.8) is 0 Å². The van der Waals surface area contributed by atoms with E-state index in [0.29, 0.717) is 10.2 Å². The number of hydrogen-bond acceptors (Lipinski definition) is 6. The van der Waals surface area contributed by atoms with Crippen molar-refractivity contribution < 1.29 is 13.5 Å². The van der Waals surface area contributed by atoms with Crippen LogP contribution in [0.15, 0.2) is 25.5 Å². The molecule has 2 aromatic rings. The Hall–Kier alpha value is -0.480. The van der Waals surface area contributed by atoms with E-state index in [-0.39, 0.29) is 9.34 Å². The third kappa shape index (κ3) is 2.91. The average molecular weight is 369 g/mol. The summed E-state index contributed by atoms with van der Waals surface area (Å²) in [5.74, 6) is 0. The summed E-state index contributed by atoms with van der Waals surface area (Å²) in [6.07, 6.45) is -0.715. The third-order valence-corrected chi connectivity index (χ3v) is 6.91. The highest BCUT2D eigenvalue weighted by molar-refractivity contribution is 9.10. The lowest BCUT2D eigenvalue weighted by atomic mass is 10.3. The van der Waals surface area contributed by atoms with Gasteiger partial charge in [-0.25, -0.2) is 13.4 Å². The van der Waals surface area contributed by atoms with Gasteiger partial charge in [0.25, 0.3) is 10.0 Å². The molecule has 1 atom stereocenters. The Labute approximate surface area is 121 Å². The van der Waals surface area contributed by atoms with Gasteiger partial charge < -0.3 is 5.11 Å². The molecule has 0 spiro atoms. The first-order valence-electron chi connectivity index (χ1n) is 4.79. The minimum Gasteiger partial charge on any atom is -0.387 e. The van der Waals surface area contributed by atoms with Crippen molar-refractivity contribution in [2.75, 3.05) is 4.72 Å². The molecule has 5 nitrogen and oxygen atoms in total. The second kappa shape index (κ2) is 5.25. The molecule has 2 N–H and O–H groups in total. The minimum absolute atomic E-state index is 0.205. The third-order valence-electron chi connectivity index (χ3n) is 2.00. The van der Waals surface area contributed by atoms with E-state index in [4.69, 9.17) is 0 Å². The molecule has 2 rings (SSSR count). The van der Waals surface area contributed by atoms with Crippen LogP contribution in [0, 0.1) is 0 Å². The summed E-state index contributed by atoms with van der Waals surface area (Å²) >= 11 is 5.43. The fourth-order valence-corrected chi connectivity index (χ4v) is 5.55. The molecule has 9 heteroatoms. The zero-order valence-electron chi connectivity index (χ0n) is 9.12. The molecule has 0 amide bonds. The molecule has 0 saturated carbocycles. The Morgan fingerprint density at radius 3 is 2.72 bits per heavy atom. The zero-order chi connectivity index (χ0) is 13.3. The second-order valence-electron chi connectivity index (χ2n) is 3.41. The monoisotopic (exact) mass is 368 g/mol. The van der Waals surface area contributed by atoms with Crippen molar-refractivity contribution in [2.24, 2.45) is 0 Å². The van der Waals surface area contributed by atoms with E-state index in [1.165, 1.54) is 0 Å². The largest absolute Gasteiger partial charge is 0.387 e. The standard InChI is InChI=1S/C9H9BrN2O3S3/c1-5(13)7-4-17-9(11-7)12-18(14,15)8-6(10)2-3-16-8/h2-5,13H,1H3,(H,11,12). The summed E-state index contributed by atoms with van der Waals surface area (Å²) in [5.41, 5.74) is 0.447. The number of thiophene rings is 1. The van der Waals surface area contributed by atoms with E-state index in [0.717, 1.165) is 22.7 Å². The van der Waals surface area contributed by atoms with Gasteiger partial charge in [0, 0.05) is 9.85 Å². The van der Waals surface area contributed by atoms with Crippen molar-refractivity contribution >= 4 is 53.8 Å². The Bertz CT molecular complexity index is 648. The van der Waals surface area contributed by atoms with Crippen LogP contribution in [0.3, 0.4) is 0 Å². The number of halogens is 1. The van der Waals surface area contributed by atoms with E-state index < -0.39 is 16.1 Å². The van der Waals surface area contributed by atoms with Gasteiger partial charge in [0.1, 0.15) is 0 Å². The summed E-state index contributed by atoms with van der Waals surface area (Å²) in [6, 6.07) is 1.67. The maximum atomic E-state index is 12.0. The molecule has 0 aromatic carbocycles. The Kier molecular flexibility index (Phi) is 4.07. The van der Waals surface area contributed by atoms with Gasteiger partial charge in [0.05, 0.1) is 11.8 Å². The van der Waals surface area contributed by atoms with Gasteiger partial charge in [0.2, 0.25) is 0 Å². The van der Waals surface area contributed by atoms with Crippen LogP contribution in [-0.2, 0) is 10.0 Å². The van der Waals surface area contributed by atoms with Crippen LogP contribution in [0.2, 0.25) is 0 Å². The number of hydrogen-bond donors (Lipinski definition) is 2. The highest BCUT2D eigenvalue weighted by Gasteiger charge is 2.21. The van der Waals surface area contributed by atoms with E-state index in [1.807, 2.05) is 0 Å². The molecule has 0 bridgehead atoms. The number of thiazole rings is 1. The van der Waals surface area contributed by atoms with Crippen LogP contribution in [0.4, 0.5) is 5.13 Å². The number of aliphatic hydroxyl groups excluding tert-OH is 1. The van der Waals surface area contributed by atoms with Gasteiger partial charge >= 0.3 is 0 Å². The van der Waals surface area contributed by atoms with Crippen LogP contribution in [-0.4, -0.2) is 18.5 Å². The maximum absolute atomic E-state index is 12.0. The molecule has 2 aromatic heterocycles. The minimum atomic E-state index is -3.63. The average Bonchev–Trinajstić information content (AvgIpc) is 2.86. The lowest BCUT2D eigenvalue weighted by molar-refractivity contribution is 0.195. The van der Waals surface area contributed by atoms with Crippen molar-refractivity contribution in [1.29, 1.82) is 0 Å². The summed E-state index contributed by atoms with van der Waals surface area (Å²) < 4.78 is 27.2. The van der Waals surface area contributed by atoms with Gasteiger partial charge in [-0.2, -0.15) is 0 Å². The maximum Gasteiger partial charge on any atom is 0.274 e. The number of aliphatic hydroxyl groups is 1. The molecular weight excluding hydrogens is 360 g/mol. The summed E-state index contributed by atoms with van der Waals surface area (Å²) in [5, 5.41) is 12.9. The predicted octanol–water partition coefficient (Wildman–Crippen LogP) is 2.82. The van der Waals surface area contributed by atoms with Crippen LogP contribution < -0.4 is 4.72 Å². The predicted molar refractivity (Wildman–Crippen MR) is 75.6 cm³/mol. The van der Waals surface area contributed by atoms with E-state index in [1.54, 1.807) is 23.8 Å². The number of rotatable bonds is 4. The van der Waals surface area contributed by atoms with Crippen LogP contribution >= 0.6 is 38.6 Å². The molecule has 1 unspecified atom stereocenters. The highest BCUT2D eigenvalue weighted by atomic mass is 79.9. The number of nitrogens with one attached hydrogen (secondary N) is 1. The first-order chi connectivity index (χ1) is 8.40. The van der Waals surface area contributed by atoms with Crippen LogP contribution in [0.25, 0.3) is 0 Å². The van der Waals surface area contributed by atoms with Crippen molar-refractivity contribution in [1.82, 2.24) is 4.98 Å². The lowest BCUT2D eigenvalue weighted by Crippen LogP contribution is -2.11. The van der Waals surface area contributed by atoms with Crippen molar-refractivity contribution in [3.05, 3.63) is 27.0 Å². The topological polar surface area (TPSA) is 79.3 Å². The smallest absolute Gasteiger partial charge is 0.274 e. The SMILES string of the molecule is CC(O)c1csc(NS(=O)(=O)c2sccc2Br)n1. The summed E-state index contributed by atoms with van der Waals surface area (Å²) in [7, 11) is -3.63. The molecule has 0 aliphatic carbocycles. The number of sulfonamides is 1. The van der Waals surface area contributed by atoms with Gasteiger partial charge in [-0.15, -0.1) is 22.7 Å². The molecule has 0 aliphatic rings. The molecule has 2 heterocycles. The van der Waals surface area contributed by atoms with Gasteiger partial charge in [-0.3, -0.25) is 4.72 Å². The van der Waals surface area contributed by atoms with E-state index in [2.05, 4.69) is 25.6 Å². The number of aromatic nitrogens is 1. The lowest BCUT2D eigenvalue weighted by Gasteiger charge is -2.03. The van der Waals surface area contributed by atoms with Gasteiger partial charge in [-0.05, 0) is 34.3 Å². The highest BCUT2D eigenvalue weighted by Crippen LogP contribution is 2.30. The molecule has 0 saturated heterocycles.